The van der Waals surface area contributed by atoms with Crippen molar-refractivity contribution in [1.29, 1.82) is 0 Å². The molecule has 68 valence electrons. The number of hydrogen-bond donors (Lipinski definition) is 1. The second kappa shape index (κ2) is 5.18. The van der Waals surface area contributed by atoms with Crippen LogP contribution in [0.4, 0.5) is 0 Å². The van der Waals surface area contributed by atoms with Gasteiger partial charge in [-0.2, -0.15) is 0 Å². The summed E-state index contributed by atoms with van der Waals surface area (Å²) in [4.78, 5) is 2.30. The van der Waals surface area contributed by atoms with E-state index in [0.29, 0.717) is 0 Å². The quantitative estimate of drug-likeness (QED) is 0.498. The number of aliphatic hydroxyl groups is 1. The van der Waals surface area contributed by atoms with Crippen molar-refractivity contribution in [2.75, 3.05) is 19.6 Å². The summed E-state index contributed by atoms with van der Waals surface area (Å²) in [5.41, 5.74) is 0. The van der Waals surface area contributed by atoms with E-state index in [4.69, 9.17) is 6.42 Å². The highest BCUT2D eigenvalue weighted by Crippen LogP contribution is 2.09. The van der Waals surface area contributed by atoms with Gasteiger partial charge >= 0.3 is 0 Å². The predicted molar refractivity (Wildman–Crippen MR) is 49.7 cm³/mol. The van der Waals surface area contributed by atoms with Gasteiger partial charge in [0, 0.05) is 13.0 Å². The van der Waals surface area contributed by atoms with Crippen LogP contribution in [0.2, 0.25) is 0 Å². The van der Waals surface area contributed by atoms with E-state index in [9.17, 15) is 5.11 Å². The van der Waals surface area contributed by atoms with E-state index in [1.54, 1.807) is 0 Å². The van der Waals surface area contributed by atoms with E-state index < -0.39 is 0 Å². The van der Waals surface area contributed by atoms with Gasteiger partial charge in [0.15, 0.2) is 0 Å². The second-order valence-corrected chi connectivity index (χ2v) is 3.40. The lowest BCUT2D eigenvalue weighted by Crippen LogP contribution is -2.38. The molecule has 1 heterocycles. The molecule has 1 unspecified atom stereocenters. The fourth-order valence-electron chi connectivity index (χ4n) is 1.64. The third-order valence-corrected chi connectivity index (χ3v) is 2.28. The van der Waals surface area contributed by atoms with Crippen LogP contribution >= 0.6 is 0 Å². The Kier molecular flexibility index (Phi) is 4.13. The third-order valence-electron chi connectivity index (χ3n) is 2.28. The van der Waals surface area contributed by atoms with Gasteiger partial charge in [0.25, 0.3) is 0 Å². The van der Waals surface area contributed by atoms with Crippen molar-refractivity contribution in [3.05, 3.63) is 0 Å². The maximum Gasteiger partial charge on any atom is 0.0667 e. The predicted octanol–water partition coefficient (Wildman–Crippen LogP) is 0.857. The van der Waals surface area contributed by atoms with Gasteiger partial charge in [-0.25, -0.2) is 0 Å². The Morgan fingerprint density at radius 2 is 2.42 bits per heavy atom. The SMILES string of the molecule is C#CCCCN1CCCC(O)C1. The molecule has 0 amide bonds. The molecule has 0 radical (unpaired) electrons. The van der Waals surface area contributed by atoms with Crippen LogP contribution in [0, 0.1) is 12.3 Å². The summed E-state index contributed by atoms with van der Waals surface area (Å²) in [7, 11) is 0. The van der Waals surface area contributed by atoms with Gasteiger partial charge in [-0.05, 0) is 32.4 Å². The Bertz CT molecular complexity index is 162. The second-order valence-electron chi connectivity index (χ2n) is 3.40. The first-order valence-corrected chi connectivity index (χ1v) is 4.67. The fraction of sp³-hybridized carbons (Fsp3) is 0.800. The molecule has 12 heavy (non-hydrogen) atoms. The van der Waals surface area contributed by atoms with E-state index in [1.807, 2.05) is 0 Å². The van der Waals surface area contributed by atoms with Crippen molar-refractivity contribution >= 4 is 0 Å². The van der Waals surface area contributed by atoms with E-state index in [1.165, 1.54) is 0 Å². The zero-order valence-electron chi connectivity index (χ0n) is 7.50. The Balaban J connectivity index is 2.11. The topological polar surface area (TPSA) is 23.5 Å². The van der Waals surface area contributed by atoms with Crippen LogP contribution in [0.3, 0.4) is 0 Å². The molecule has 1 aliphatic rings. The van der Waals surface area contributed by atoms with Crippen LogP contribution in [0.1, 0.15) is 25.7 Å². The highest BCUT2D eigenvalue weighted by molar-refractivity contribution is 4.84. The number of piperidine rings is 1. The summed E-state index contributed by atoms with van der Waals surface area (Å²) in [6, 6.07) is 0. The van der Waals surface area contributed by atoms with Crippen molar-refractivity contribution in [1.82, 2.24) is 4.90 Å². The molecule has 1 aliphatic heterocycles. The van der Waals surface area contributed by atoms with Gasteiger partial charge < -0.3 is 10.0 Å². The zero-order valence-corrected chi connectivity index (χ0v) is 7.50. The maximum absolute atomic E-state index is 9.35. The molecule has 1 rings (SSSR count). The number of β-amino-alcohol motifs (C(OH)–C–C–N with tert-alkyl or cyclic N) is 1. The van der Waals surface area contributed by atoms with Gasteiger partial charge in [-0.3, -0.25) is 0 Å². The van der Waals surface area contributed by atoms with Gasteiger partial charge in [0.1, 0.15) is 0 Å². The van der Waals surface area contributed by atoms with Crippen molar-refractivity contribution in [2.24, 2.45) is 0 Å². The average molecular weight is 167 g/mol. The van der Waals surface area contributed by atoms with Gasteiger partial charge in [0.2, 0.25) is 0 Å². The molecule has 2 nitrogen and oxygen atoms in total. The van der Waals surface area contributed by atoms with Crippen LogP contribution in [0.25, 0.3) is 0 Å². The molecule has 1 N–H and O–H groups in total. The van der Waals surface area contributed by atoms with Crippen LogP contribution in [-0.4, -0.2) is 35.7 Å². The van der Waals surface area contributed by atoms with Gasteiger partial charge in [-0.15, -0.1) is 12.3 Å². The minimum Gasteiger partial charge on any atom is -0.392 e. The van der Waals surface area contributed by atoms with Crippen LogP contribution in [0.15, 0.2) is 0 Å². The van der Waals surface area contributed by atoms with E-state index in [-0.39, 0.29) is 6.10 Å². The summed E-state index contributed by atoms with van der Waals surface area (Å²) >= 11 is 0. The number of rotatable bonds is 3. The zero-order chi connectivity index (χ0) is 8.81. The molecule has 0 aromatic heterocycles. The Labute approximate surface area is 74.6 Å². The summed E-state index contributed by atoms with van der Waals surface area (Å²) in [5, 5.41) is 9.35. The van der Waals surface area contributed by atoms with Crippen molar-refractivity contribution in [3.63, 3.8) is 0 Å². The van der Waals surface area contributed by atoms with Gasteiger partial charge in [0.05, 0.1) is 6.10 Å². The Morgan fingerprint density at radius 1 is 1.58 bits per heavy atom. The minimum absolute atomic E-state index is 0.107. The number of hydrogen-bond acceptors (Lipinski definition) is 2. The first-order valence-electron chi connectivity index (χ1n) is 4.67. The number of unbranched alkanes of at least 4 members (excludes halogenated alkanes) is 1. The molecule has 0 aromatic rings. The highest BCUT2D eigenvalue weighted by Gasteiger charge is 2.16. The molecule has 0 aromatic carbocycles. The smallest absolute Gasteiger partial charge is 0.0667 e. The summed E-state index contributed by atoms with van der Waals surface area (Å²) < 4.78 is 0. The first-order chi connectivity index (χ1) is 5.83. The number of nitrogens with zero attached hydrogens (tertiary/aromatic N) is 1. The third kappa shape index (κ3) is 3.25. The van der Waals surface area contributed by atoms with Gasteiger partial charge in [-0.1, -0.05) is 0 Å². The lowest BCUT2D eigenvalue weighted by atomic mass is 10.1. The molecule has 0 saturated carbocycles. The maximum atomic E-state index is 9.35. The van der Waals surface area contributed by atoms with Crippen LogP contribution < -0.4 is 0 Å². The molecule has 1 saturated heterocycles. The molecule has 0 aliphatic carbocycles. The largest absolute Gasteiger partial charge is 0.392 e. The van der Waals surface area contributed by atoms with Crippen molar-refractivity contribution < 1.29 is 5.11 Å². The Hall–Kier alpha value is -0.520. The number of aliphatic hydroxyl groups excluding tert-OH is 1. The summed E-state index contributed by atoms with van der Waals surface area (Å²) in [5.74, 6) is 2.63. The standard InChI is InChI=1S/C10H17NO/c1-2-3-4-7-11-8-5-6-10(12)9-11/h1,10,12H,3-9H2. The molecule has 2 heteroatoms. The molecule has 0 spiro atoms. The van der Waals surface area contributed by atoms with E-state index >= 15 is 0 Å². The first kappa shape index (κ1) is 9.57. The Morgan fingerprint density at radius 3 is 3.08 bits per heavy atom. The lowest BCUT2D eigenvalue weighted by Gasteiger charge is -2.29. The van der Waals surface area contributed by atoms with Crippen LogP contribution in [-0.2, 0) is 0 Å². The monoisotopic (exact) mass is 167 g/mol. The van der Waals surface area contributed by atoms with E-state index in [2.05, 4.69) is 10.8 Å². The minimum atomic E-state index is -0.107. The lowest BCUT2D eigenvalue weighted by molar-refractivity contribution is 0.0704. The summed E-state index contributed by atoms with van der Waals surface area (Å²) in [6.45, 7) is 3.01. The fourth-order valence-corrected chi connectivity index (χ4v) is 1.64. The van der Waals surface area contributed by atoms with Crippen molar-refractivity contribution in [2.45, 2.75) is 31.8 Å². The normalized spacial score (nSPS) is 25.2. The average Bonchev–Trinajstić information content (AvgIpc) is 2.05. The molecular weight excluding hydrogens is 150 g/mol. The van der Waals surface area contributed by atoms with Crippen molar-refractivity contribution in [3.8, 4) is 12.3 Å². The molecule has 1 atom stereocenters. The van der Waals surface area contributed by atoms with Crippen LogP contribution in [0.5, 0.6) is 0 Å². The summed E-state index contributed by atoms with van der Waals surface area (Å²) in [6.07, 6.45) is 9.05. The molecular formula is C10H17NO. The highest BCUT2D eigenvalue weighted by atomic mass is 16.3. The molecule has 1 fully saturated rings. The number of likely N-dealkylation sites (tertiary alicyclic amines) is 1. The molecule has 0 bridgehead atoms. The van der Waals surface area contributed by atoms with E-state index in [0.717, 1.165) is 45.3 Å². The number of terminal acetylenes is 1.